The number of amides is 1. The molecule has 0 aromatic heterocycles. The summed E-state index contributed by atoms with van der Waals surface area (Å²) in [7, 11) is 1.42. The number of non-ortho nitro benzene ring substituents is 1. The van der Waals surface area contributed by atoms with E-state index in [0.29, 0.717) is 5.75 Å². The van der Waals surface area contributed by atoms with E-state index in [9.17, 15) is 19.7 Å². The minimum atomic E-state index is -0.596. The first kappa shape index (κ1) is 20.0. The lowest BCUT2D eigenvalue weighted by Gasteiger charge is -2.10. The van der Waals surface area contributed by atoms with Crippen LogP contribution in [0.15, 0.2) is 46.6 Å². The number of nitrogens with zero attached hydrogens (tertiary/aromatic N) is 3. The van der Waals surface area contributed by atoms with Gasteiger partial charge in [0, 0.05) is 17.2 Å². The minimum Gasteiger partial charge on any atom is -0.494 e. The summed E-state index contributed by atoms with van der Waals surface area (Å²) < 4.78 is 5.22. The number of rotatable bonds is 7. The van der Waals surface area contributed by atoms with Gasteiger partial charge in [0.25, 0.3) is 5.69 Å². The topological polar surface area (TPSA) is 123 Å². The van der Waals surface area contributed by atoms with Crippen molar-refractivity contribution < 1.29 is 19.2 Å². The van der Waals surface area contributed by atoms with Gasteiger partial charge >= 0.3 is 0 Å². The first-order valence-corrected chi connectivity index (χ1v) is 8.01. The molecule has 9 nitrogen and oxygen atoms in total. The molecular formula is C17H15ClN4O5. The van der Waals surface area contributed by atoms with Gasteiger partial charge in [0.05, 0.1) is 29.8 Å². The van der Waals surface area contributed by atoms with E-state index < -0.39 is 10.8 Å². The van der Waals surface area contributed by atoms with Gasteiger partial charge in [0.1, 0.15) is 11.5 Å². The van der Waals surface area contributed by atoms with Crippen molar-refractivity contribution in [3.8, 4) is 5.75 Å². The molecule has 2 rings (SSSR count). The summed E-state index contributed by atoms with van der Waals surface area (Å²) in [5.74, 6) is -0.480. The molecule has 0 aliphatic heterocycles. The highest BCUT2D eigenvalue weighted by atomic mass is 35.5. The van der Waals surface area contributed by atoms with Gasteiger partial charge in [-0.15, -0.1) is 5.11 Å². The van der Waals surface area contributed by atoms with Crippen molar-refractivity contribution in [3.63, 3.8) is 0 Å². The Bertz CT molecular complexity index is 930. The third-order valence-corrected chi connectivity index (χ3v) is 3.46. The van der Waals surface area contributed by atoms with Crippen LogP contribution in [0.4, 0.5) is 22.7 Å². The number of nitrogens with one attached hydrogen (secondary N) is 1. The number of anilines is 1. The molecule has 0 unspecified atom stereocenters. The van der Waals surface area contributed by atoms with Crippen molar-refractivity contribution >= 4 is 46.0 Å². The number of Topliss-reactive ketones (excluding diaryl/α,β-unsaturated/α-hetero) is 1. The second-order valence-electron chi connectivity index (χ2n) is 5.41. The van der Waals surface area contributed by atoms with E-state index in [4.69, 9.17) is 16.3 Å². The number of carbonyl (C=O) groups is 2. The van der Waals surface area contributed by atoms with Crippen molar-refractivity contribution in [1.29, 1.82) is 0 Å². The molecule has 2 aromatic rings. The largest absolute Gasteiger partial charge is 0.494 e. The molecule has 140 valence electrons. The van der Waals surface area contributed by atoms with Gasteiger partial charge in [-0.05, 0) is 25.1 Å². The second kappa shape index (κ2) is 8.86. The summed E-state index contributed by atoms with van der Waals surface area (Å²) in [4.78, 5) is 33.3. The molecule has 0 radical (unpaired) electrons. The van der Waals surface area contributed by atoms with Crippen LogP contribution in [0.3, 0.4) is 0 Å². The fraction of sp³-hybridized carbons (Fsp3) is 0.176. The molecule has 0 aliphatic rings. The van der Waals surface area contributed by atoms with Crippen molar-refractivity contribution in [2.75, 3.05) is 12.4 Å². The number of nitro benzene ring substituents is 1. The third-order valence-electron chi connectivity index (χ3n) is 3.25. The Kier molecular flexibility index (Phi) is 6.56. The van der Waals surface area contributed by atoms with Gasteiger partial charge in [-0.2, -0.15) is 5.11 Å². The zero-order valence-electron chi connectivity index (χ0n) is 14.4. The molecule has 2 aromatic carbocycles. The van der Waals surface area contributed by atoms with Gasteiger partial charge in [0.2, 0.25) is 5.91 Å². The molecule has 0 atom stereocenters. The van der Waals surface area contributed by atoms with Gasteiger partial charge < -0.3 is 10.1 Å². The Morgan fingerprint density at radius 2 is 2.00 bits per heavy atom. The molecule has 0 saturated carbocycles. The molecule has 27 heavy (non-hydrogen) atoms. The van der Waals surface area contributed by atoms with Crippen LogP contribution >= 0.6 is 11.6 Å². The van der Waals surface area contributed by atoms with Crippen LogP contribution in [-0.2, 0) is 9.59 Å². The molecule has 10 heteroatoms. The highest BCUT2D eigenvalue weighted by molar-refractivity contribution is 6.31. The number of ketones is 1. The van der Waals surface area contributed by atoms with E-state index >= 15 is 0 Å². The number of hydrogen-bond donors (Lipinski definition) is 1. The monoisotopic (exact) mass is 390 g/mol. The fourth-order valence-corrected chi connectivity index (χ4v) is 2.37. The molecule has 0 saturated heterocycles. The maximum Gasteiger partial charge on any atom is 0.273 e. The lowest BCUT2D eigenvalue weighted by Crippen LogP contribution is -2.14. The standard InChI is InChI=1S/C17H15ClN4O5/c1-10(23)6-16(24)19-14-4-3-5-15(27-2)17(14)21-20-12-7-11(18)8-13(9-12)22(25)26/h3-5,7-9H,6H2,1-2H3,(H,19,24). The number of carbonyl (C=O) groups excluding carboxylic acids is 2. The van der Waals surface area contributed by atoms with Crippen LogP contribution in [-0.4, -0.2) is 23.7 Å². The van der Waals surface area contributed by atoms with Gasteiger partial charge in [-0.25, -0.2) is 0 Å². The first-order chi connectivity index (χ1) is 12.8. The number of hydrogen-bond acceptors (Lipinski definition) is 7. The quantitative estimate of drug-likeness (QED) is 0.320. The Labute approximate surface area is 159 Å². The molecule has 0 bridgehead atoms. The number of halogens is 1. The molecular weight excluding hydrogens is 376 g/mol. The molecule has 0 spiro atoms. The van der Waals surface area contributed by atoms with Crippen molar-refractivity contribution in [1.82, 2.24) is 0 Å². The predicted molar refractivity (Wildman–Crippen MR) is 99.2 cm³/mol. The zero-order chi connectivity index (χ0) is 20.0. The van der Waals surface area contributed by atoms with Gasteiger partial charge in [-0.1, -0.05) is 17.7 Å². The highest BCUT2D eigenvalue weighted by Crippen LogP contribution is 2.37. The first-order valence-electron chi connectivity index (χ1n) is 7.63. The zero-order valence-corrected chi connectivity index (χ0v) is 15.2. The van der Waals surface area contributed by atoms with Gasteiger partial charge in [0.15, 0.2) is 5.69 Å². The third kappa shape index (κ3) is 5.58. The summed E-state index contributed by atoms with van der Waals surface area (Å²) in [6.45, 7) is 1.30. The Balaban J connectivity index is 2.39. The molecule has 1 amide bonds. The lowest BCUT2D eigenvalue weighted by molar-refractivity contribution is -0.384. The van der Waals surface area contributed by atoms with Crippen molar-refractivity contribution in [2.45, 2.75) is 13.3 Å². The minimum absolute atomic E-state index is 0.133. The Hall–Kier alpha value is -3.33. The van der Waals surface area contributed by atoms with E-state index in [2.05, 4.69) is 15.5 Å². The van der Waals surface area contributed by atoms with Crippen molar-refractivity contribution in [3.05, 3.63) is 51.5 Å². The predicted octanol–water partition coefficient (Wildman–Crippen LogP) is 4.59. The van der Waals surface area contributed by atoms with Crippen LogP contribution < -0.4 is 10.1 Å². The summed E-state index contributed by atoms with van der Waals surface area (Å²) in [5, 5.41) is 21.6. The maximum absolute atomic E-state index is 11.9. The normalized spacial score (nSPS) is 10.6. The van der Waals surface area contributed by atoms with Crippen molar-refractivity contribution in [2.24, 2.45) is 10.2 Å². The summed E-state index contributed by atoms with van der Waals surface area (Å²) in [6.07, 6.45) is -0.283. The molecule has 0 fully saturated rings. The van der Waals surface area contributed by atoms with Crippen LogP contribution in [0.2, 0.25) is 5.02 Å². The van der Waals surface area contributed by atoms with E-state index in [-0.39, 0.29) is 40.0 Å². The van der Waals surface area contributed by atoms with Crippen LogP contribution in [0.5, 0.6) is 5.75 Å². The number of benzene rings is 2. The second-order valence-corrected chi connectivity index (χ2v) is 5.84. The fourth-order valence-electron chi connectivity index (χ4n) is 2.14. The van der Waals surface area contributed by atoms with Crippen LogP contribution in [0.1, 0.15) is 13.3 Å². The smallest absolute Gasteiger partial charge is 0.273 e. The summed E-state index contributed by atoms with van der Waals surface area (Å²) in [5.41, 5.74) is 0.396. The number of ether oxygens (including phenoxy) is 1. The van der Waals surface area contributed by atoms with E-state index in [0.717, 1.165) is 0 Å². The number of nitro groups is 1. The van der Waals surface area contributed by atoms with Crippen LogP contribution in [0.25, 0.3) is 0 Å². The lowest BCUT2D eigenvalue weighted by atomic mass is 10.2. The molecule has 0 aliphatic carbocycles. The number of azo groups is 1. The average molecular weight is 391 g/mol. The Morgan fingerprint density at radius 1 is 1.26 bits per heavy atom. The van der Waals surface area contributed by atoms with Crippen LogP contribution in [0, 0.1) is 10.1 Å². The molecule has 1 N–H and O–H groups in total. The highest BCUT2D eigenvalue weighted by Gasteiger charge is 2.14. The number of methoxy groups -OCH3 is 1. The summed E-state index contributed by atoms with van der Waals surface area (Å²) >= 11 is 5.86. The Morgan fingerprint density at radius 3 is 2.63 bits per heavy atom. The average Bonchev–Trinajstić information content (AvgIpc) is 2.59. The van der Waals surface area contributed by atoms with E-state index in [1.165, 1.54) is 32.2 Å². The summed E-state index contributed by atoms with van der Waals surface area (Å²) in [6, 6.07) is 8.60. The van der Waals surface area contributed by atoms with E-state index in [1.54, 1.807) is 18.2 Å². The van der Waals surface area contributed by atoms with Gasteiger partial charge in [-0.3, -0.25) is 19.7 Å². The van der Waals surface area contributed by atoms with E-state index in [1.807, 2.05) is 0 Å². The maximum atomic E-state index is 11.9. The molecule has 0 heterocycles. The SMILES string of the molecule is COc1cccc(NC(=O)CC(C)=O)c1N=Nc1cc(Cl)cc([N+](=O)[O-])c1.